The second kappa shape index (κ2) is 6.27. The number of aliphatic imine (C=N–C) groups is 1. The van der Waals surface area contributed by atoms with Crippen molar-refractivity contribution in [1.29, 1.82) is 0 Å². The van der Waals surface area contributed by atoms with Crippen molar-refractivity contribution < 1.29 is 9.13 Å². The van der Waals surface area contributed by atoms with Crippen LogP contribution >= 0.6 is 23.2 Å². The second-order valence-corrected chi connectivity index (χ2v) is 3.70. The molecule has 0 unspecified atom stereocenters. The van der Waals surface area contributed by atoms with Crippen molar-refractivity contribution in [2.45, 2.75) is 0 Å². The highest BCUT2D eigenvalue weighted by molar-refractivity contribution is 6.32. The molecule has 0 atom stereocenters. The predicted molar refractivity (Wildman–Crippen MR) is 67.9 cm³/mol. The lowest BCUT2D eigenvalue weighted by atomic mass is 10.3. The highest BCUT2D eigenvalue weighted by Gasteiger charge is 2.12. The summed E-state index contributed by atoms with van der Waals surface area (Å²) in [4.78, 5) is 3.51. The standard InChI is InChI=1S/C11H9Cl2FN2O/c1-7(12)10(14)11(16-6-15)17-9-5-3-2-4-8(9)13/h2-6H,1H2,(H2,15,16)/b11-10-. The zero-order valence-electron chi connectivity index (χ0n) is 8.66. The minimum atomic E-state index is -0.909. The molecule has 0 bridgehead atoms. The van der Waals surface area contributed by atoms with Crippen LogP contribution in [-0.4, -0.2) is 6.34 Å². The fourth-order valence-electron chi connectivity index (χ4n) is 0.943. The minimum absolute atomic E-state index is 0.239. The molecule has 0 saturated carbocycles. The molecule has 0 aromatic heterocycles. The largest absolute Gasteiger partial charge is 0.435 e. The molecule has 2 N–H and O–H groups in total. The van der Waals surface area contributed by atoms with Crippen molar-refractivity contribution in [3.05, 3.63) is 52.6 Å². The zero-order chi connectivity index (χ0) is 12.8. The van der Waals surface area contributed by atoms with Crippen molar-refractivity contribution in [3.8, 4) is 5.75 Å². The Balaban J connectivity index is 3.09. The van der Waals surface area contributed by atoms with Gasteiger partial charge in [-0.15, -0.1) is 0 Å². The maximum atomic E-state index is 13.5. The number of halogens is 3. The van der Waals surface area contributed by atoms with Crippen molar-refractivity contribution in [2.75, 3.05) is 0 Å². The van der Waals surface area contributed by atoms with Gasteiger partial charge in [0.15, 0.2) is 0 Å². The Kier molecular flexibility index (Phi) is 5.00. The van der Waals surface area contributed by atoms with Gasteiger partial charge in [0.1, 0.15) is 5.75 Å². The molecule has 0 spiro atoms. The molecule has 0 radical (unpaired) electrons. The van der Waals surface area contributed by atoms with Crippen LogP contribution in [0.3, 0.4) is 0 Å². The molecule has 0 fully saturated rings. The molecular formula is C11H9Cl2FN2O. The van der Waals surface area contributed by atoms with E-state index >= 15 is 0 Å². The molecule has 0 aliphatic rings. The van der Waals surface area contributed by atoms with Crippen LogP contribution in [-0.2, 0) is 0 Å². The van der Waals surface area contributed by atoms with Gasteiger partial charge in [-0.3, -0.25) is 0 Å². The van der Waals surface area contributed by atoms with Gasteiger partial charge in [-0.05, 0) is 12.1 Å². The molecule has 0 saturated heterocycles. The number of rotatable bonds is 4. The van der Waals surface area contributed by atoms with Gasteiger partial charge in [0, 0.05) is 0 Å². The third-order valence-corrected chi connectivity index (χ3v) is 2.14. The number of nitrogens with two attached hydrogens (primary N) is 1. The summed E-state index contributed by atoms with van der Waals surface area (Å²) in [5.41, 5.74) is 5.08. The van der Waals surface area contributed by atoms with Gasteiger partial charge in [0.05, 0.1) is 16.4 Å². The fraction of sp³-hybridized carbons (Fsp3) is 0. The molecular weight excluding hydrogens is 266 g/mol. The lowest BCUT2D eigenvalue weighted by molar-refractivity contribution is 0.396. The van der Waals surface area contributed by atoms with E-state index in [-0.39, 0.29) is 10.8 Å². The van der Waals surface area contributed by atoms with Crippen LogP contribution in [0.4, 0.5) is 4.39 Å². The number of para-hydroxylation sites is 1. The summed E-state index contributed by atoms with van der Waals surface area (Å²) in [6, 6.07) is 6.53. The van der Waals surface area contributed by atoms with E-state index in [1.807, 2.05) is 0 Å². The highest BCUT2D eigenvalue weighted by atomic mass is 35.5. The number of allylic oxidation sites excluding steroid dienone is 2. The Hall–Kier alpha value is -1.52. The van der Waals surface area contributed by atoms with Gasteiger partial charge in [-0.2, -0.15) is 4.39 Å². The summed E-state index contributed by atoms with van der Waals surface area (Å²) in [6.45, 7) is 3.23. The Morgan fingerprint density at radius 2 is 2.12 bits per heavy atom. The van der Waals surface area contributed by atoms with Crippen LogP contribution < -0.4 is 10.5 Å². The second-order valence-electron chi connectivity index (χ2n) is 2.83. The van der Waals surface area contributed by atoms with E-state index < -0.39 is 11.7 Å². The Morgan fingerprint density at radius 3 is 2.65 bits per heavy atom. The van der Waals surface area contributed by atoms with E-state index in [1.54, 1.807) is 24.3 Å². The highest BCUT2D eigenvalue weighted by Crippen LogP contribution is 2.28. The number of hydrogen-bond donors (Lipinski definition) is 1. The van der Waals surface area contributed by atoms with E-state index in [4.69, 9.17) is 33.7 Å². The van der Waals surface area contributed by atoms with E-state index in [0.29, 0.717) is 5.02 Å². The number of benzene rings is 1. The summed E-state index contributed by atoms with van der Waals surface area (Å²) >= 11 is 11.3. The first-order valence-electron chi connectivity index (χ1n) is 4.47. The maximum absolute atomic E-state index is 13.5. The van der Waals surface area contributed by atoms with Crippen LogP contribution in [0.1, 0.15) is 0 Å². The SMILES string of the molecule is C=C(Cl)/C(F)=C(\N=C/N)Oc1ccccc1Cl. The summed E-state index contributed by atoms with van der Waals surface area (Å²) in [5.74, 6) is -1.07. The summed E-state index contributed by atoms with van der Waals surface area (Å²) in [5, 5.41) is -0.0251. The van der Waals surface area contributed by atoms with Gasteiger partial charge < -0.3 is 10.5 Å². The van der Waals surface area contributed by atoms with Crippen molar-refractivity contribution in [1.82, 2.24) is 0 Å². The third kappa shape index (κ3) is 3.76. The van der Waals surface area contributed by atoms with E-state index in [1.165, 1.54) is 0 Å². The minimum Gasteiger partial charge on any atom is -0.435 e. The van der Waals surface area contributed by atoms with Gasteiger partial charge in [-0.1, -0.05) is 41.9 Å². The lowest BCUT2D eigenvalue weighted by Crippen LogP contribution is -2.00. The molecule has 3 nitrogen and oxygen atoms in total. The van der Waals surface area contributed by atoms with Crippen LogP contribution in [0.15, 0.2) is 52.6 Å². The summed E-state index contributed by atoms with van der Waals surface area (Å²) in [6.07, 6.45) is 0.881. The van der Waals surface area contributed by atoms with Crippen LogP contribution in [0.25, 0.3) is 0 Å². The first kappa shape index (κ1) is 13.5. The third-order valence-electron chi connectivity index (χ3n) is 1.66. The quantitative estimate of drug-likeness (QED) is 0.395. The Labute approximate surface area is 108 Å². The van der Waals surface area contributed by atoms with E-state index in [0.717, 1.165) is 6.34 Å². The smallest absolute Gasteiger partial charge is 0.258 e. The van der Waals surface area contributed by atoms with Gasteiger partial charge in [0.25, 0.3) is 5.88 Å². The monoisotopic (exact) mass is 274 g/mol. The molecule has 1 aromatic carbocycles. The molecule has 0 aliphatic heterocycles. The maximum Gasteiger partial charge on any atom is 0.258 e. The molecule has 0 aliphatic carbocycles. The number of ether oxygens (including phenoxy) is 1. The van der Waals surface area contributed by atoms with Gasteiger partial charge >= 0.3 is 0 Å². The summed E-state index contributed by atoms with van der Waals surface area (Å²) < 4.78 is 18.7. The zero-order valence-corrected chi connectivity index (χ0v) is 10.2. The molecule has 17 heavy (non-hydrogen) atoms. The van der Waals surface area contributed by atoms with Gasteiger partial charge in [0.2, 0.25) is 5.83 Å². The van der Waals surface area contributed by atoms with E-state index in [9.17, 15) is 4.39 Å². The summed E-state index contributed by atoms with van der Waals surface area (Å²) in [7, 11) is 0. The van der Waals surface area contributed by atoms with E-state index in [2.05, 4.69) is 11.6 Å². The molecule has 1 aromatic rings. The van der Waals surface area contributed by atoms with Crippen molar-refractivity contribution >= 4 is 29.5 Å². The fourth-order valence-corrected chi connectivity index (χ4v) is 1.20. The normalized spacial score (nSPS) is 12.4. The predicted octanol–water partition coefficient (Wildman–Crippen LogP) is 3.60. The van der Waals surface area contributed by atoms with Crippen LogP contribution in [0.2, 0.25) is 5.02 Å². The van der Waals surface area contributed by atoms with Crippen molar-refractivity contribution in [3.63, 3.8) is 0 Å². The average Bonchev–Trinajstić information content (AvgIpc) is 2.30. The number of hydrogen-bond acceptors (Lipinski definition) is 2. The molecule has 0 heterocycles. The number of nitrogens with zero attached hydrogens (tertiary/aromatic N) is 1. The lowest BCUT2D eigenvalue weighted by Gasteiger charge is -2.07. The molecule has 0 amide bonds. The van der Waals surface area contributed by atoms with Crippen LogP contribution in [0.5, 0.6) is 5.75 Å². The van der Waals surface area contributed by atoms with Crippen molar-refractivity contribution in [2.24, 2.45) is 10.7 Å². The topological polar surface area (TPSA) is 47.6 Å². The molecule has 6 heteroatoms. The first-order chi connectivity index (χ1) is 8.06. The molecule has 90 valence electrons. The molecule has 1 rings (SSSR count). The Bertz CT molecular complexity index is 486. The Morgan fingerprint density at radius 1 is 1.47 bits per heavy atom. The van der Waals surface area contributed by atoms with Crippen LogP contribution in [0, 0.1) is 0 Å². The van der Waals surface area contributed by atoms with Gasteiger partial charge in [-0.25, -0.2) is 4.99 Å². The average molecular weight is 275 g/mol. The first-order valence-corrected chi connectivity index (χ1v) is 5.23.